The lowest BCUT2D eigenvalue weighted by molar-refractivity contribution is 0.124. The van der Waals surface area contributed by atoms with E-state index in [1.54, 1.807) is 11.1 Å². The molecule has 2 N–H and O–H groups in total. The van der Waals surface area contributed by atoms with Gasteiger partial charge in [0.1, 0.15) is 0 Å². The largest absolute Gasteiger partial charge is 0.327 e. The highest BCUT2D eigenvalue weighted by Crippen LogP contribution is 2.52. The SMILES string of the molecule is CC1=C(C)C2C(N)C1[C@H](C(C)C)C[C@H]2C. The molecule has 2 bridgehead atoms. The van der Waals surface area contributed by atoms with Crippen LogP contribution in [0.2, 0.25) is 0 Å². The van der Waals surface area contributed by atoms with E-state index in [0.29, 0.717) is 17.9 Å². The lowest BCUT2D eigenvalue weighted by Crippen LogP contribution is -2.46. The van der Waals surface area contributed by atoms with E-state index in [2.05, 4.69) is 34.6 Å². The Morgan fingerprint density at radius 2 is 1.67 bits per heavy atom. The summed E-state index contributed by atoms with van der Waals surface area (Å²) in [4.78, 5) is 0. The Kier molecular flexibility index (Phi) is 2.70. The van der Waals surface area contributed by atoms with Crippen molar-refractivity contribution in [3.63, 3.8) is 0 Å². The lowest BCUT2D eigenvalue weighted by Gasteiger charge is -2.42. The molecule has 0 aliphatic heterocycles. The smallest absolute Gasteiger partial charge is 0.0176 e. The van der Waals surface area contributed by atoms with Gasteiger partial charge in [0.25, 0.3) is 0 Å². The number of hydrogen-bond acceptors (Lipinski definition) is 1. The zero-order chi connectivity index (χ0) is 11.3. The molecule has 86 valence electrons. The Morgan fingerprint density at radius 1 is 1.13 bits per heavy atom. The molecule has 0 saturated heterocycles. The van der Waals surface area contributed by atoms with Crippen LogP contribution in [-0.2, 0) is 0 Å². The molecule has 3 unspecified atom stereocenters. The summed E-state index contributed by atoms with van der Waals surface area (Å²) < 4.78 is 0. The molecule has 0 aromatic rings. The molecule has 1 fully saturated rings. The van der Waals surface area contributed by atoms with Crippen molar-refractivity contribution in [2.75, 3.05) is 0 Å². The van der Waals surface area contributed by atoms with Crippen LogP contribution >= 0.6 is 0 Å². The fourth-order valence-corrected chi connectivity index (χ4v) is 4.15. The van der Waals surface area contributed by atoms with Gasteiger partial charge in [-0.3, -0.25) is 0 Å². The first kappa shape index (κ1) is 11.2. The molecule has 0 radical (unpaired) electrons. The van der Waals surface area contributed by atoms with Crippen molar-refractivity contribution in [2.24, 2.45) is 35.3 Å². The molecular weight excluding hydrogens is 182 g/mol. The molecule has 1 heteroatoms. The molecule has 1 nitrogen and oxygen atoms in total. The summed E-state index contributed by atoms with van der Waals surface area (Å²) in [5.41, 5.74) is 9.65. The van der Waals surface area contributed by atoms with Crippen LogP contribution in [0.25, 0.3) is 0 Å². The van der Waals surface area contributed by atoms with E-state index >= 15 is 0 Å². The van der Waals surface area contributed by atoms with Crippen LogP contribution in [0.5, 0.6) is 0 Å². The van der Waals surface area contributed by atoms with Gasteiger partial charge in [-0.25, -0.2) is 0 Å². The van der Waals surface area contributed by atoms with Crippen molar-refractivity contribution in [1.29, 1.82) is 0 Å². The van der Waals surface area contributed by atoms with Crippen LogP contribution in [0.15, 0.2) is 11.1 Å². The third-order valence-electron chi connectivity index (χ3n) is 5.03. The van der Waals surface area contributed by atoms with Crippen molar-refractivity contribution < 1.29 is 0 Å². The summed E-state index contributed by atoms with van der Waals surface area (Å²) in [7, 11) is 0. The standard InChI is InChI=1S/C14H25N/c1-7(2)11-6-8(3)12-9(4)10(5)13(11)14(12)15/h7-8,11-14H,6,15H2,1-5H3/t8-,11+,12?,13?,14?/m1/s1. The Morgan fingerprint density at radius 3 is 2.20 bits per heavy atom. The molecule has 2 aliphatic carbocycles. The summed E-state index contributed by atoms with van der Waals surface area (Å²) in [5.74, 6) is 3.70. The Bertz CT molecular complexity index is 290. The second-order valence-corrected chi connectivity index (χ2v) is 6.12. The molecule has 0 aromatic carbocycles. The topological polar surface area (TPSA) is 26.0 Å². The minimum absolute atomic E-state index is 0.404. The maximum atomic E-state index is 6.44. The Balaban J connectivity index is 2.37. The van der Waals surface area contributed by atoms with Crippen LogP contribution in [-0.4, -0.2) is 6.04 Å². The highest BCUT2D eigenvalue weighted by atomic mass is 14.7. The fraction of sp³-hybridized carbons (Fsp3) is 0.857. The van der Waals surface area contributed by atoms with Crippen LogP contribution in [0.1, 0.15) is 41.0 Å². The van der Waals surface area contributed by atoms with Gasteiger partial charge in [0.05, 0.1) is 0 Å². The minimum Gasteiger partial charge on any atom is -0.327 e. The highest BCUT2D eigenvalue weighted by molar-refractivity contribution is 5.30. The van der Waals surface area contributed by atoms with E-state index in [9.17, 15) is 0 Å². The molecule has 5 atom stereocenters. The van der Waals surface area contributed by atoms with Crippen molar-refractivity contribution in [3.8, 4) is 0 Å². The molecule has 0 amide bonds. The van der Waals surface area contributed by atoms with Gasteiger partial charge in [-0.1, -0.05) is 31.9 Å². The van der Waals surface area contributed by atoms with Gasteiger partial charge in [-0.2, -0.15) is 0 Å². The van der Waals surface area contributed by atoms with Gasteiger partial charge in [0.2, 0.25) is 0 Å². The van der Waals surface area contributed by atoms with Crippen LogP contribution in [0.4, 0.5) is 0 Å². The molecule has 2 rings (SSSR count). The fourth-order valence-electron chi connectivity index (χ4n) is 4.15. The first-order chi connectivity index (χ1) is 6.95. The summed E-state index contributed by atoms with van der Waals surface area (Å²) >= 11 is 0. The number of fused-ring (bicyclic) bond motifs is 2. The van der Waals surface area contributed by atoms with E-state index in [4.69, 9.17) is 5.73 Å². The first-order valence-corrected chi connectivity index (χ1v) is 6.38. The van der Waals surface area contributed by atoms with Gasteiger partial charge in [-0.15, -0.1) is 0 Å². The normalized spacial score (nSPS) is 45.4. The number of rotatable bonds is 1. The second-order valence-electron chi connectivity index (χ2n) is 6.12. The monoisotopic (exact) mass is 207 g/mol. The van der Waals surface area contributed by atoms with Gasteiger partial charge in [0.15, 0.2) is 0 Å². The van der Waals surface area contributed by atoms with Crippen LogP contribution < -0.4 is 5.73 Å². The third-order valence-corrected chi connectivity index (χ3v) is 5.03. The second kappa shape index (κ2) is 3.62. The zero-order valence-electron chi connectivity index (χ0n) is 10.7. The third kappa shape index (κ3) is 1.47. The average molecular weight is 207 g/mol. The van der Waals surface area contributed by atoms with E-state index in [-0.39, 0.29) is 0 Å². The molecule has 0 heterocycles. The predicted molar refractivity (Wildman–Crippen MR) is 65.4 cm³/mol. The van der Waals surface area contributed by atoms with Crippen molar-refractivity contribution in [2.45, 2.75) is 47.1 Å². The van der Waals surface area contributed by atoms with E-state index in [1.807, 2.05) is 0 Å². The molecule has 0 aromatic heterocycles. The van der Waals surface area contributed by atoms with Gasteiger partial charge in [0, 0.05) is 6.04 Å². The summed E-state index contributed by atoms with van der Waals surface area (Å²) in [6.07, 6.45) is 1.37. The van der Waals surface area contributed by atoms with Crippen LogP contribution in [0, 0.1) is 29.6 Å². The zero-order valence-corrected chi connectivity index (χ0v) is 10.7. The van der Waals surface area contributed by atoms with Crippen molar-refractivity contribution >= 4 is 0 Å². The molecule has 0 spiro atoms. The van der Waals surface area contributed by atoms with Gasteiger partial charge >= 0.3 is 0 Å². The maximum absolute atomic E-state index is 6.44. The molecule has 1 saturated carbocycles. The highest BCUT2D eigenvalue weighted by Gasteiger charge is 2.48. The number of nitrogens with two attached hydrogens (primary N) is 1. The van der Waals surface area contributed by atoms with Gasteiger partial charge < -0.3 is 5.73 Å². The summed E-state index contributed by atoms with van der Waals surface area (Å²) in [6.45, 7) is 11.7. The van der Waals surface area contributed by atoms with E-state index in [1.165, 1.54) is 6.42 Å². The maximum Gasteiger partial charge on any atom is 0.0176 e. The van der Waals surface area contributed by atoms with E-state index < -0.39 is 0 Å². The van der Waals surface area contributed by atoms with E-state index in [0.717, 1.165) is 17.8 Å². The Labute approximate surface area is 94.1 Å². The van der Waals surface area contributed by atoms with Crippen molar-refractivity contribution in [3.05, 3.63) is 11.1 Å². The Hall–Kier alpha value is -0.300. The summed E-state index contributed by atoms with van der Waals surface area (Å²) in [6, 6.07) is 0.404. The van der Waals surface area contributed by atoms with Crippen LogP contribution in [0.3, 0.4) is 0 Å². The average Bonchev–Trinajstić information content (AvgIpc) is 2.28. The van der Waals surface area contributed by atoms with Gasteiger partial charge in [-0.05, 0) is 49.9 Å². The minimum atomic E-state index is 0.404. The lowest BCUT2D eigenvalue weighted by atomic mass is 9.65. The molecule has 2 aliphatic rings. The molecular formula is C14H25N. The summed E-state index contributed by atoms with van der Waals surface area (Å²) in [5, 5.41) is 0. The first-order valence-electron chi connectivity index (χ1n) is 6.38. The quantitative estimate of drug-likeness (QED) is 0.656. The molecule has 15 heavy (non-hydrogen) atoms. The van der Waals surface area contributed by atoms with Crippen molar-refractivity contribution in [1.82, 2.24) is 0 Å². The predicted octanol–water partition coefficient (Wildman–Crippen LogP) is 3.21. The number of hydrogen-bond donors (Lipinski definition) is 1.